The predicted octanol–water partition coefficient (Wildman–Crippen LogP) is 4.21. The van der Waals surface area contributed by atoms with Crippen LogP contribution in [0.2, 0.25) is 0 Å². The van der Waals surface area contributed by atoms with Crippen LogP contribution in [-0.2, 0) is 26.5 Å². The summed E-state index contributed by atoms with van der Waals surface area (Å²) in [6, 6.07) is 20.1. The average Bonchev–Trinajstić information content (AvgIpc) is 2.89. The van der Waals surface area contributed by atoms with E-state index in [1.807, 2.05) is 0 Å². The van der Waals surface area contributed by atoms with Gasteiger partial charge in [-0.05, 0) is 63.5 Å². The molecule has 0 unspecified atom stereocenters. The molecule has 1 heterocycles. The maximum atomic E-state index is 13.3. The Morgan fingerprint density at radius 1 is 0.925 bits per heavy atom. The van der Waals surface area contributed by atoms with Crippen molar-refractivity contribution in [2.45, 2.75) is 11.3 Å². The van der Waals surface area contributed by atoms with Crippen molar-refractivity contribution >= 4 is 59.2 Å². The molecule has 1 amide bonds. The lowest BCUT2D eigenvalue weighted by molar-refractivity contribution is 0.0992. The third-order valence-electron chi connectivity index (χ3n) is 5.68. The van der Waals surface area contributed by atoms with Crippen LogP contribution >= 0.6 is 15.9 Å². The summed E-state index contributed by atoms with van der Waals surface area (Å²) in [5.74, 6) is -0.587. The van der Waals surface area contributed by atoms with Crippen LogP contribution in [0.15, 0.2) is 94.4 Å². The highest BCUT2D eigenvalue weighted by atomic mass is 79.9. The van der Waals surface area contributed by atoms with Gasteiger partial charge in [0.1, 0.15) is 5.82 Å². The average molecular weight is 644 g/mol. The number of nitrogens with one attached hydrogen (secondary N) is 2. The highest BCUT2D eigenvalue weighted by molar-refractivity contribution is 9.10. The van der Waals surface area contributed by atoms with E-state index in [4.69, 9.17) is 5.14 Å². The van der Waals surface area contributed by atoms with Gasteiger partial charge in [-0.2, -0.15) is 0 Å². The molecule has 206 valence electrons. The summed E-state index contributed by atoms with van der Waals surface area (Å²) in [6.45, 7) is 0. The topological polar surface area (TPSA) is 165 Å². The monoisotopic (exact) mass is 642 g/mol. The number of halogens is 1. The molecule has 0 radical (unpaired) electrons. The number of hydrogen-bond acceptors (Lipinski definition) is 7. The Labute approximate surface area is 239 Å². The van der Waals surface area contributed by atoms with Gasteiger partial charge in [0.2, 0.25) is 20.0 Å². The second kappa shape index (κ2) is 11.7. The number of rotatable bonds is 9. The Balaban J connectivity index is 1.63. The molecule has 0 aliphatic carbocycles. The molecule has 4 aromatic rings. The molecule has 1 aromatic heterocycles. The lowest BCUT2D eigenvalue weighted by atomic mass is 9.96. The number of ketones is 1. The quantitative estimate of drug-likeness (QED) is 0.230. The number of carbonyl (C=O) groups excluding carboxylic acids is 2. The molecule has 0 aliphatic rings. The van der Waals surface area contributed by atoms with Crippen molar-refractivity contribution in [3.8, 4) is 11.1 Å². The van der Waals surface area contributed by atoms with Crippen LogP contribution in [0.3, 0.4) is 0 Å². The van der Waals surface area contributed by atoms with E-state index in [1.165, 1.54) is 30.5 Å². The van der Waals surface area contributed by atoms with Crippen molar-refractivity contribution in [2.75, 3.05) is 16.3 Å². The first-order valence-corrected chi connectivity index (χ1v) is 15.8. The van der Waals surface area contributed by atoms with E-state index < -0.39 is 26.0 Å². The Bertz CT molecular complexity index is 1810. The summed E-state index contributed by atoms with van der Waals surface area (Å²) in [4.78, 5) is 30.4. The molecule has 0 fully saturated rings. The zero-order chi connectivity index (χ0) is 29.1. The summed E-state index contributed by atoms with van der Waals surface area (Å²) in [6.07, 6.45) is 2.29. The minimum atomic E-state index is -3.96. The summed E-state index contributed by atoms with van der Waals surface area (Å²) in [5.41, 5.74) is 1.89. The van der Waals surface area contributed by atoms with Gasteiger partial charge in [-0.15, -0.1) is 0 Å². The number of benzene rings is 3. The summed E-state index contributed by atoms with van der Waals surface area (Å²) < 4.78 is 50.6. The number of amides is 1. The van der Waals surface area contributed by atoms with E-state index in [0.717, 1.165) is 10.7 Å². The number of nitrogens with zero attached hydrogens (tertiary/aromatic N) is 1. The van der Waals surface area contributed by atoms with Crippen molar-refractivity contribution in [3.05, 3.63) is 106 Å². The van der Waals surface area contributed by atoms with Crippen LogP contribution in [0.25, 0.3) is 11.1 Å². The van der Waals surface area contributed by atoms with Crippen molar-refractivity contribution in [3.63, 3.8) is 0 Å². The molecule has 0 saturated heterocycles. The van der Waals surface area contributed by atoms with Gasteiger partial charge in [0.15, 0.2) is 5.78 Å². The van der Waals surface area contributed by atoms with E-state index in [1.54, 1.807) is 54.6 Å². The second-order valence-corrected chi connectivity index (χ2v) is 13.0. The fourth-order valence-electron chi connectivity index (χ4n) is 3.94. The fourth-order valence-corrected chi connectivity index (χ4v) is 5.49. The molecule has 0 bridgehead atoms. The molecular formula is C27H23BrN4O6S2. The minimum absolute atomic E-state index is 0.0415. The first-order valence-electron chi connectivity index (χ1n) is 11.6. The standard InChI is InChI=1S/C27H23BrN4O6S2/c1-39(35,36)32-21-11-12-23(27(34)31-26-13-10-20(28)16-30-26)19(14-21)15-24(33)18-8-6-17(7-9-18)22-4-2-3-5-25(22)40(29,37)38/h2-14,16,32H,15H2,1H3,(H2,29,37,38)(H,30,31,34). The van der Waals surface area contributed by atoms with E-state index in [9.17, 15) is 26.4 Å². The van der Waals surface area contributed by atoms with E-state index in [0.29, 0.717) is 22.5 Å². The van der Waals surface area contributed by atoms with Gasteiger partial charge in [-0.25, -0.2) is 27.0 Å². The third kappa shape index (κ3) is 7.39. The lowest BCUT2D eigenvalue weighted by Gasteiger charge is -2.13. The van der Waals surface area contributed by atoms with Gasteiger partial charge >= 0.3 is 0 Å². The van der Waals surface area contributed by atoms with Crippen molar-refractivity contribution < 1.29 is 26.4 Å². The van der Waals surface area contributed by atoms with Gasteiger partial charge in [-0.3, -0.25) is 14.3 Å². The summed E-state index contributed by atoms with van der Waals surface area (Å²) >= 11 is 3.28. The lowest BCUT2D eigenvalue weighted by Crippen LogP contribution is -2.18. The molecule has 10 nitrogen and oxygen atoms in total. The fraction of sp³-hybridized carbons (Fsp3) is 0.0741. The van der Waals surface area contributed by atoms with Crippen LogP contribution in [0.1, 0.15) is 26.3 Å². The first kappa shape index (κ1) is 29.1. The molecule has 4 rings (SSSR count). The van der Waals surface area contributed by atoms with Gasteiger partial charge < -0.3 is 5.32 Å². The molecule has 0 spiro atoms. The summed E-state index contributed by atoms with van der Waals surface area (Å²) in [7, 11) is -7.57. The number of anilines is 2. The first-order chi connectivity index (χ1) is 18.8. The number of sulfonamides is 2. The van der Waals surface area contributed by atoms with E-state index in [-0.39, 0.29) is 33.9 Å². The number of primary sulfonamides is 1. The SMILES string of the molecule is CS(=O)(=O)Nc1ccc(C(=O)Nc2ccc(Br)cn2)c(CC(=O)c2ccc(-c3ccccc3S(N)(=O)=O)cc2)c1. The van der Waals surface area contributed by atoms with Crippen LogP contribution in [0.4, 0.5) is 11.5 Å². The number of Topliss-reactive ketones (excluding diaryl/α,β-unsaturated/α-hetero) is 1. The second-order valence-electron chi connectivity index (χ2n) is 8.78. The number of pyridine rings is 1. The molecule has 40 heavy (non-hydrogen) atoms. The van der Waals surface area contributed by atoms with E-state index in [2.05, 4.69) is 31.0 Å². The number of carbonyl (C=O) groups is 2. The highest BCUT2D eigenvalue weighted by Gasteiger charge is 2.19. The smallest absolute Gasteiger partial charge is 0.257 e. The van der Waals surface area contributed by atoms with Crippen molar-refractivity contribution in [1.29, 1.82) is 0 Å². The molecule has 3 aromatic carbocycles. The summed E-state index contributed by atoms with van der Waals surface area (Å²) in [5, 5.41) is 8.01. The van der Waals surface area contributed by atoms with Crippen LogP contribution < -0.4 is 15.2 Å². The van der Waals surface area contributed by atoms with Crippen molar-refractivity contribution in [2.24, 2.45) is 5.14 Å². The zero-order valence-corrected chi connectivity index (χ0v) is 24.2. The number of aromatic nitrogens is 1. The molecule has 4 N–H and O–H groups in total. The van der Waals surface area contributed by atoms with Crippen LogP contribution in [0, 0.1) is 0 Å². The number of nitrogens with two attached hydrogens (primary N) is 1. The highest BCUT2D eigenvalue weighted by Crippen LogP contribution is 2.27. The normalized spacial score (nSPS) is 11.6. The van der Waals surface area contributed by atoms with E-state index >= 15 is 0 Å². The minimum Gasteiger partial charge on any atom is -0.307 e. The van der Waals surface area contributed by atoms with Gasteiger partial charge in [0, 0.05) is 39.5 Å². The Morgan fingerprint density at radius 2 is 1.62 bits per heavy atom. The third-order valence-corrected chi connectivity index (χ3v) is 7.73. The molecule has 0 atom stereocenters. The van der Waals surface area contributed by atoms with Crippen molar-refractivity contribution in [1.82, 2.24) is 4.98 Å². The number of hydrogen-bond donors (Lipinski definition) is 3. The van der Waals surface area contributed by atoms with Crippen LogP contribution in [0.5, 0.6) is 0 Å². The van der Waals surface area contributed by atoms with Crippen LogP contribution in [-0.4, -0.2) is 39.8 Å². The maximum Gasteiger partial charge on any atom is 0.257 e. The largest absolute Gasteiger partial charge is 0.307 e. The Kier molecular flexibility index (Phi) is 8.49. The Morgan fingerprint density at radius 3 is 2.25 bits per heavy atom. The van der Waals surface area contributed by atoms with Gasteiger partial charge in [0.05, 0.1) is 11.2 Å². The zero-order valence-electron chi connectivity index (χ0n) is 21.0. The molecular weight excluding hydrogens is 620 g/mol. The molecule has 0 saturated carbocycles. The predicted molar refractivity (Wildman–Crippen MR) is 156 cm³/mol. The molecule has 13 heteroatoms. The maximum absolute atomic E-state index is 13.3. The molecule has 0 aliphatic heterocycles. The van der Waals surface area contributed by atoms with Gasteiger partial charge in [-0.1, -0.05) is 42.5 Å². The van der Waals surface area contributed by atoms with Gasteiger partial charge in [0.25, 0.3) is 5.91 Å². The Hall–Kier alpha value is -3.91.